The number of carbonyl (C=O) groups is 1. The van der Waals surface area contributed by atoms with Gasteiger partial charge in [0.25, 0.3) is 5.91 Å². The molecule has 27 heavy (non-hydrogen) atoms. The number of piperazine rings is 1. The molecule has 1 fully saturated rings. The van der Waals surface area contributed by atoms with Gasteiger partial charge in [-0.2, -0.15) is 0 Å². The molecule has 0 radical (unpaired) electrons. The first-order valence-electron chi connectivity index (χ1n) is 9.10. The monoisotopic (exact) mass is 362 g/mol. The van der Waals surface area contributed by atoms with E-state index in [0.29, 0.717) is 25.6 Å². The van der Waals surface area contributed by atoms with Crippen molar-refractivity contribution in [3.63, 3.8) is 0 Å². The molecule has 2 heterocycles. The fourth-order valence-corrected chi connectivity index (χ4v) is 3.16. The normalized spacial score (nSPS) is 15.1. The average molecular weight is 362 g/mol. The number of carbonyl (C=O) groups excluding carboxylic acids is 1. The van der Waals surface area contributed by atoms with Gasteiger partial charge in [0.15, 0.2) is 0 Å². The number of nitrogens with zero attached hydrogens (tertiary/aromatic N) is 6. The van der Waals surface area contributed by atoms with Gasteiger partial charge in [-0.15, -0.1) is 15.0 Å². The van der Waals surface area contributed by atoms with Gasteiger partial charge in [-0.3, -0.25) is 9.69 Å². The molecule has 1 saturated heterocycles. The third kappa shape index (κ3) is 4.03. The number of benzene rings is 2. The Labute approximate surface area is 158 Å². The number of tetrazole rings is 1. The zero-order valence-electron chi connectivity index (χ0n) is 15.3. The molecule has 1 aromatic heterocycles. The van der Waals surface area contributed by atoms with Crippen molar-refractivity contribution in [1.29, 1.82) is 0 Å². The number of aromatic nitrogens is 4. The van der Waals surface area contributed by atoms with E-state index in [0.717, 1.165) is 24.2 Å². The van der Waals surface area contributed by atoms with Crippen molar-refractivity contribution in [3.8, 4) is 11.4 Å². The Morgan fingerprint density at radius 3 is 2.37 bits per heavy atom. The minimum atomic E-state index is 0.0933. The summed E-state index contributed by atoms with van der Waals surface area (Å²) in [5.41, 5.74) is 2.91. The highest BCUT2D eigenvalue weighted by Gasteiger charge is 2.22. The molecule has 1 amide bonds. The van der Waals surface area contributed by atoms with Crippen molar-refractivity contribution >= 4 is 5.91 Å². The second-order valence-corrected chi connectivity index (χ2v) is 6.77. The Hall–Kier alpha value is -3.06. The maximum Gasteiger partial charge on any atom is 0.253 e. The van der Waals surface area contributed by atoms with E-state index in [1.54, 1.807) is 4.80 Å². The summed E-state index contributed by atoms with van der Waals surface area (Å²) in [4.78, 5) is 18.3. The van der Waals surface area contributed by atoms with Crippen LogP contribution in [0, 0.1) is 6.92 Å². The molecule has 7 heteroatoms. The molecule has 2 aromatic carbocycles. The van der Waals surface area contributed by atoms with Gasteiger partial charge in [-0.1, -0.05) is 48.0 Å². The lowest BCUT2D eigenvalue weighted by molar-refractivity contribution is 0.0574. The molecule has 138 valence electrons. The minimum absolute atomic E-state index is 0.0933. The average Bonchev–Trinajstić information content (AvgIpc) is 3.18. The maximum atomic E-state index is 12.5. The summed E-state index contributed by atoms with van der Waals surface area (Å²) in [6.07, 6.45) is 0. The molecule has 0 aliphatic carbocycles. The number of aryl methyl sites for hydroxylation is 1. The number of hydrogen-bond acceptors (Lipinski definition) is 5. The Morgan fingerprint density at radius 2 is 1.67 bits per heavy atom. The molecule has 0 N–H and O–H groups in total. The Morgan fingerprint density at radius 1 is 0.963 bits per heavy atom. The summed E-state index contributed by atoms with van der Waals surface area (Å²) in [6, 6.07) is 17.5. The smallest absolute Gasteiger partial charge is 0.253 e. The van der Waals surface area contributed by atoms with Crippen LogP contribution in [0.15, 0.2) is 54.6 Å². The first-order valence-corrected chi connectivity index (χ1v) is 9.10. The van der Waals surface area contributed by atoms with Crippen LogP contribution < -0.4 is 0 Å². The highest BCUT2D eigenvalue weighted by molar-refractivity contribution is 5.94. The molecule has 0 atom stereocenters. The Kier molecular flexibility index (Phi) is 4.93. The van der Waals surface area contributed by atoms with Crippen molar-refractivity contribution < 1.29 is 4.79 Å². The van der Waals surface area contributed by atoms with E-state index >= 15 is 0 Å². The maximum absolute atomic E-state index is 12.5. The largest absolute Gasteiger partial charge is 0.336 e. The van der Waals surface area contributed by atoms with Crippen molar-refractivity contribution in [1.82, 2.24) is 30.0 Å². The van der Waals surface area contributed by atoms with E-state index in [-0.39, 0.29) is 5.91 Å². The molecule has 0 spiro atoms. The second-order valence-electron chi connectivity index (χ2n) is 6.77. The molecule has 4 rings (SSSR count). The van der Waals surface area contributed by atoms with Crippen LogP contribution in [0.3, 0.4) is 0 Å². The van der Waals surface area contributed by atoms with E-state index in [4.69, 9.17) is 0 Å². The lowest BCUT2D eigenvalue weighted by atomic mass is 10.1. The predicted molar refractivity (Wildman–Crippen MR) is 102 cm³/mol. The van der Waals surface area contributed by atoms with Gasteiger partial charge in [0.2, 0.25) is 5.82 Å². The number of amides is 1. The van der Waals surface area contributed by atoms with Crippen LogP contribution in [0.1, 0.15) is 15.9 Å². The van der Waals surface area contributed by atoms with Gasteiger partial charge in [0.05, 0.1) is 0 Å². The standard InChI is InChI=1S/C20H22N6O/c1-16-7-9-17(10-8-16)19-21-23-26(22-19)15-24-11-13-25(14-12-24)20(27)18-5-3-2-4-6-18/h2-10H,11-15H2,1H3. The number of rotatable bonds is 4. The first kappa shape index (κ1) is 17.4. The summed E-state index contributed by atoms with van der Waals surface area (Å²) in [5, 5.41) is 12.8. The van der Waals surface area contributed by atoms with Gasteiger partial charge < -0.3 is 4.90 Å². The minimum Gasteiger partial charge on any atom is -0.336 e. The zero-order valence-corrected chi connectivity index (χ0v) is 15.3. The molecule has 7 nitrogen and oxygen atoms in total. The van der Waals surface area contributed by atoms with Crippen LogP contribution in [0.25, 0.3) is 11.4 Å². The van der Waals surface area contributed by atoms with Gasteiger partial charge in [0.1, 0.15) is 6.67 Å². The van der Waals surface area contributed by atoms with E-state index in [1.165, 1.54) is 5.56 Å². The first-order chi connectivity index (χ1) is 13.2. The van der Waals surface area contributed by atoms with Gasteiger partial charge in [-0.05, 0) is 24.3 Å². The third-order valence-electron chi connectivity index (χ3n) is 4.77. The summed E-state index contributed by atoms with van der Waals surface area (Å²) < 4.78 is 0. The van der Waals surface area contributed by atoms with Crippen LogP contribution in [-0.2, 0) is 6.67 Å². The molecule has 0 unspecified atom stereocenters. The van der Waals surface area contributed by atoms with Crippen LogP contribution >= 0.6 is 0 Å². The second kappa shape index (κ2) is 7.67. The topological polar surface area (TPSA) is 67.2 Å². The van der Waals surface area contributed by atoms with Crippen LogP contribution in [0.2, 0.25) is 0 Å². The molecule has 1 aliphatic heterocycles. The Bertz CT molecular complexity index is 898. The summed E-state index contributed by atoms with van der Waals surface area (Å²) in [6.45, 7) is 5.61. The van der Waals surface area contributed by atoms with Crippen LogP contribution in [0.5, 0.6) is 0 Å². The quantitative estimate of drug-likeness (QED) is 0.711. The highest BCUT2D eigenvalue weighted by atomic mass is 16.2. The van der Waals surface area contributed by atoms with Crippen molar-refractivity contribution in [2.24, 2.45) is 0 Å². The SMILES string of the molecule is Cc1ccc(-c2nnn(CN3CCN(C(=O)c4ccccc4)CC3)n2)cc1. The molecule has 0 bridgehead atoms. The van der Waals surface area contributed by atoms with E-state index in [1.807, 2.05) is 59.5 Å². The highest BCUT2D eigenvalue weighted by Crippen LogP contribution is 2.14. The van der Waals surface area contributed by atoms with Crippen LogP contribution in [0.4, 0.5) is 0 Å². The van der Waals surface area contributed by atoms with Crippen molar-refractivity contribution in [2.75, 3.05) is 26.2 Å². The predicted octanol–water partition coefficient (Wildman–Crippen LogP) is 2.06. The lowest BCUT2D eigenvalue weighted by Crippen LogP contribution is -2.49. The van der Waals surface area contributed by atoms with Crippen molar-refractivity contribution in [2.45, 2.75) is 13.6 Å². The fraction of sp³-hybridized carbons (Fsp3) is 0.300. The van der Waals surface area contributed by atoms with Gasteiger partial charge in [0, 0.05) is 37.3 Å². The summed E-state index contributed by atoms with van der Waals surface area (Å²) >= 11 is 0. The van der Waals surface area contributed by atoms with E-state index in [9.17, 15) is 4.79 Å². The molecule has 3 aromatic rings. The molecular formula is C20H22N6O. The number of hydrogen-bond donors (Lipinski definition) is 0. The third-order valence-corrected chi connectivity index (χ3v) is 4.77. The van der Waals surface area contributed by atoms with Crippen LogP contribution in [-0.4, -0.2) is 62.1 Å². The van der Waals surface area contributed by atoms with E-state index < -0.39 is 0 Å². The van der Waals surface area contributed by atoms with Gasteiger partial charge >= 0.3 is 0 Å². The lowest BCUT2D eigenvalue weighted by Gasteiger charge is -2.34. The summed E-state index contributed by atoms with van der Waals surface area (Å²) in [5.74, 6) is 0.726. The van der Waals surface area contributed by atoms with E-state index in [2.05, 4.69) is 27.2 Å². The zero-order chi connectivity index (χ0) is 18.6. The molecular weight excluding hydrogens is 340 g/mol. The molecule has 1 aliphatic rings. The fourth-order valence-electron chi connectivity index (χ4n) is 3.16. The Balaban J connectivity index is 1.33. The van der Waals surface area contributed by atoms with Gasteiger partial charge in [-0.25, -0.2) is 0 Å². The molecule has 0 saturated carbocycles. The van der Waals surface area contributed by atoms with Crippen molar-refractivity contribution in [3.05, 3.63) is 65.7 Å². The summed E-state index contributed by atoms with van der Waals surface area (Å²) in [7, 11) is 0.